The molecule has 5 nitrogen and oxygen atoms in total. The minimum atomic E-state index is -0.321. The first-order chi connectivity index (χ1) is 14.6. The van der Waals surface area contributed by atoms with E-state index in [1.54, 1.807) is 41.9 Å². The Labute approximate surface area is 187 Å². The van der Waals surface area contributed by atoms with Gasteiger partial charge in [-0.15, -0.1) is 11.3 Å². The Morgan fingerprint density at radius 3 is 2.80 bits per heavy atom. The Hall–Kier alpha value is -1.96. The van der Waals surface area contributed by atoms with Gasteiger partial charge in [0.2, 0.25) is 5.91 Å². The van der Waals surface area contributed by atoms with Gasteiger partial charge in [0.1, 0.15) is 16.2 Å². The number of carbonyl (C=O) groups excluding carboxylic acids is 2. The van der Waals surface area contributed by atoms with Crippen molar-refractivity contribution in [1.29, 1.82) is 0 Å². The second-order valence-electron chi connectivity index (χ2n) is 7.62. The van der Waals surface area contributed by atoms with E-state index in [2.05, 4.69) is 9.97 Å². The van der Waals surface area contributed by atoms with Crippen LogP contribution in [-0.2, 0) is 17.6 Å². The number of aryl methyl sites for hydroxylation is 2. The molecule has 1 aliphatic carbocycles. The van der Waals surface area contributed by atoms with E-state index in [0.29, 0.717) is 17.1 Å². The van der Waals surface area contributed by atoms with Gasteiger partial charge in [0, 0.05) is 27.4 Å². The maximum atomic E-state index is 13.4. The summed E-state index contributed by atoms with van der Waals surface area (Å²) in [6.07, 6.45) is 7.38. The van der Waals surface area contributed by atoms with Crippen LogP contribution in [0.4, 0.5) is 0 Å². The van der Waals surface area contributed by atoms with Crippen LogP contribution in [0, 0.1) is 0 Å². The molecule has 0 unspecified atom stereocenters. The number of halogens is 1. The number of amides is 2. The van der Waals surface area contributed by atoms with Crippen molar-refractivity contribution in [2.45, 2.75) is 48.8 Å². The van der Waals surface area contributed by atoms with E-state index in [9.17, 15) is 9.59 Å². The number of fused-ring (bicyclic) bond motifs is 3. The molecule has 0 radical (unpaired) electrons. The summed E-state index contributed by atoms with van der Waals surface area (Å²) in [6.45, 7) is 0.449. The van der Waals surface area contributed by atoms with Crippen molar-refractivity contribution in [2.24, 2.45) is 0 Å². The van der Waals surface area contributed by atoms with Crippen molar-refractivity contribution in [3.63, 3.8) is 0 Å². The van der Waals surface area contributed by atoms with Gasteiger partial charge in [-0.1, -0.05) is 29.8 Å². The molecule has 3 aromatic rings. The maximum Gasteiger partial charge on any atom is 0.260 e. The number of benzene rings is 1. The number of nitrogens with zero attached hydrogens (tertiary/aromatic N) is 3. The van der Waals surface area contributed by atoms with Crippen molar-refractivity contribution < 1.29 is 9.59 Å². The van der Waals surface area contributed by atoms with Crippen LogP contribution in [0.1, 0.15) is 46.5 Å². The number of likely N-dealkylation sites (tertiary alicyclic amines) is 1. The predicted octanol–water partition coefficient (Wildman–Crippen LogP) is 5.15. The Balaban J connectivity index is 1.43. The highest BCUT2D eigenvalue weighted by atomic mass is 35.5. The van der Waals surface area contributed by atoms with Gasteiger partial charge in [0.05, 0.1) is 5.25 Å². The average molecular weight is 458 g/mol. The summed E-state index contributed by atoms with van der Waals surface area (Å²) in [5.41, 5.74) is 1.84. The van der Waals surface area contributed by atoms with Crippen LogP contribution < -0.4 is 0 Å². The summed E-state index contributed by atoms with van der Waals surface area (Å²) < 4.78 is 0. The SMILES string of the molecule is O=C(c1ccc(Cl)cc1)N1CCCC[C@H](Sc2ncnc3sc4c(c23)CCC4)C1=O. The highest BCUT2D eigenvalue weighted by Gasteiger charge is 2.33. The fourth-order valence-corrected chi connectivity index (χ4v) is 6.84. The lowest BCUT2D eigenvalue weighted by molar-refractivity contribution is -0.127. The van der Waals surface area contributed by atoms with Crippen molar-refractivity contribution >= 4 is 56.7 Å². The highest BCUT2D eigenvalue weighted by Crippen LogP contribution is 2.42. The number of hydrogen-bond acceptors (Lipinski definition) is 6. The number of thiophene rings is 1. The summed E-state index contributed by atoms with van der Waals surface area (Å²) in [5.74, 6) is -0.385. The molecule has 30 heavy (non-hydrogen) atoms. The number of rotatable bonds is 3. The van der Waals surface area contributed by atoms with Gasteiger partial charge in [-0.3, -0.25) is 14.5 Å². The van der Waals surface area contributed by atoms with Gasteiger partial charge in [-0.05, 0) is 61.9 Å². The van der Waals surface area contributed by atoms with E-state index in [-0.39, 0.29) is 17.1 Å². The molecule has 2 aromatic heterocycles. The quantitative estimate of drug-likeness (QED) is 0.402. The number of imide groups is 1. The lowest BCUT2D eigenvalue weighted by atomic mass is 10.2. The zero-order chi connectivity index (χ0) is 20.7. The smallest absolute Gasteiger partial charge is 0.260 e. The third-order valence-corrected chi connectivity index (χ3v) is 8.40. The molecule has 2 amide bonds. The standard InChI is InChI=1S/C22H20ClN3O2S2/c23-14-9-7-13(8-10-14)21(27)26-11-2-1-5-17(22(26)28)30-20-18-15-4-3-6-16(15)29-19(18)24-12-25-20/h7-10,12,17H,1-6,11H2/t17-/m0/s1. The van der Waals surface area contributed by atoms with E-state index in [4.69, 9.17) is 11.6 Å². The molecule has 0 saturated carbocycles. The van der Waals surface area contributed by atoms with Gasteiger partial charge in [-0.2, -0.15) is 0 Å². The number of hydrogen-bond donors (Lipinski definition) is 0. The molecule has 5 rings (SSSR count). The minimum absolute atomic E-state index is 0.129. The van der Waals surface area contributed by atoms with E-state index < -0.39 is 0 Å². The van der Waals surface area contributed by atoms with E-state index >= 15 is 0 Å². The van der Waals surface area contributed by atoms with Crippen LogP contribution in [0.15, 0.2) is 35.6 Å². The summed E-state index contributed by atoms with van der Waals surface area (Å²) in [4.78, 5) is 39.2. The second-order valence-corrected chi connectivity index (χ2v) is 10.3. The molecule has 0 N–H and O–H groups in total. The monoisotopic (exact) mass is 457 g/mol. The van der Waals surface area contributed by atoms with Crippen molar-refractivity contribution in [3.05, 3.63) is 51.6 Å². The van der Waals surface area contributed by atoms with Crippen LogP contribution in [0.3, 0.4) is 0 Å². The molecule has 1 aliphatic heterocycles. The number of aromatic nitrogens is 2. The molecule has 1 atom stereocenters. The molecule has 8 heteroatoms. The zero-order valence-electron chi connectivity index (χ0n) is 16.3. The summed E-state index contributed by atoms with van der Waals surface area (Å²) in [5, 5.41) is 2.24. The topological polar surface area (TPSA) is 63.2 Å². The average Bonchev–Trinajstić information content (AvgIpc) is 3.29. The van der Waals surface area contributed by atoms with E-state index in [1.807, 2.05) is 0 Å². The number of thioether (sulfide) groups is 1. The Morgan fingerprint density at radius 2 is 1.97 bits per heavy atom. The van der Waals surface area contributed by atoms with Crippen LogP contribution >= 0.6 is 34.7 Å². The minimum Gasteiger partial charge on any atom is -0.278 e. The lowest BCUT2D eigenvalue weighted by Gasteiger charge is -2.22. The molecule has 0 bridgehead atoms. The first kappa shape index (κ1) is 20.0. The van der Waals surface area contributed by atoms with Crippen LogP contribution in [0.2, 0.25) is 5.02 Å². The number of carbonyl (C=O) groups is 2. The van der Waals surface area contributed by atoms with Gasteiger partial charge in [-0.25, -0.2) is 9.97 Å². The van der Waals surface area contributed by atoms with Gasteiger partial charge >= 0.3 is 0 Å². The van der Waals surface area contributed by atoms with Gasteiger partial charge in [0.25, 0.3) is 5.91 Å². The third-order valence-electron chi connectivity index (χ3n) is 5.70. The summed E-state index contributed by atoms with van der Waals surface area (Å²) >= 11 is 9.19. The first-order valence-corrected chi connectivity index (χ1v) is 12.2. The normalized spacial score (nSPS) is 19.2. The lowest BCUT2D eigenvalue weighted by Crippen LogP contribution is -2.41. The Bertz CT molecular complexity index is 1130. The van der Waals surface area contributed by atoms with Gasteiger partial charge < -0.3 is 0 Å². The summed E-state index contributed by atoms with van der Waals surface area (Å²) in [7, 11) is 0. The van der Waals surface area contributed by atoms with E-state index in [1.165, 1.54) is 33.5 Å². The largest absolute Gasteiger partial charge is 0.278 e. The molecule has 1 aromatic carbocycles. The molecule has 0 spiro atoms. The molecular weight excluding hydrogens is 438 g/mol. The highest BCUT2D eigenvalue weighted by molar-refractivity contribution is 8.00. The maximum absolute atomic E-state index is 13.4. The van der Waals surface area contributed by atoms with Crippen molar-refractivity contribution in [2.75, 3.05) is 6.54 Å². The molecule has 154 valence electrons. The fraction of sp³-hybridized carbons (Fsp3) is 0.364. The predicted molar refractivity (Wildman–Crippen MR) is 120 cm³/mol. The van der Waals surface area contributed by atoms with Crippen LogP contribution in [0.25, 0.3) is 10.2 Å². The molecule has 2 aliphatic rings. The summed E-state index contributed by atoms with van der Waals surface area (Å²) in [6, 6.07) is 6.71. The molecule has 1 saturated heterocycles. The fourth-order valence-electron chi connectivity index (χ4n) is 4.19. The molecule has 1 fully saturated rings. The Morgan fingerprint density at radius 1 is 1.13 bits per heavy atom. The van der Waals surface area contributed by atoms with Gasteiger partial charge in [0.15, 0.2) is 0 Å². The van der Waals surface area contributed by atoms with Crippen molar-refractivity contribution in [3.8, 4) is 0 Å². The van der Waals surface area contributed by atoms with Crippen LogP contribution in [-0.4, -0.2) is 38.5 Å². The first-order valence-electron chi connectivity index (χ1n) is 10.1. The second kappa shape index (κ2) is 8.29. The van der Waals surface area contributed by atoms with Crippen molar-refractivity contribution in [1.82, 2.24) is 14.9 Å². The molecular formula is C22H20ClN3O2S2. The third kappa shape index (κ3) is 3.63. The van der Waals surface area contributed by atoms with E-state index in [0.717, 1.165) is 47.3 Å². The van der Waals surface area contributed by atoms with Crippen LogP contribution in [0.5, 0.6) is 0 Å². The Kier molecular flexibility index (Phi) is 5.52. The zero-order valence-corrected chi connectivity index (χ0v) is 18.7. The molecule has 3 heterocycles.